The molecule has 1 amide bonds. The quantitative estimate of drug-likeness (QED) is 0.393. The molecular formula is C22H22N4O5S. The van der Waals surface area contributed by atoms with Crippen molar-refractivity contribution >= 4 is 27.1 Å². The van der Waals surface area contributed by atoms with Crippen LogP contribution in [0.15, 0.2) is 71.8 Å². The van der Waals surface area contributed by atoms with E-state index in [1.54, 1.807) is 24.4 Å². The van der Waals surface area contributed by atoms with Crippen molar-refractivity contribution in [2.75, 3.05) is 11.6 Å². The van der Waals surface area contributed by atoms with Gasteiger partial charge in [-0.15, -0.1) is 0 Å². The van der Waals surface area contributed by atoms with E-state index < -0.39 is 20.7 Å². The number of carbonyl (C=O) groups excluding carboxylic acids is 1. The first-order valence-corrected chi connectivity index (χ1v) is 11.6. The minimum absolute atomic E-state index is 0.139. The Bertz CT molecular complexity index is 1230. The fourth-order valence-corrected chi connectivity index (χ4v) is 3.65. The molecule has 0 aliphatic carbocycles. The summed E-state index contributed by atoms with van der Waals surface area (Å²) >= 11 is 0. The van der Waals surface area contributed by atoms with E-state index in [2.05, 4.69) is 15.6 Å². The maximum Gasteiger partial charge on any atom is 0.293 e. The lowest BCUT2D eigenvalue weighted by molar-refractivity contribution is -0.384. The van der Waals surface area contributed by atoms with Crippen molar-refractivity contribution in [1.82, 2.24) is 10.3 Å². The molecule has 1 aromatic heterocycles. The van der Waals surface area contributed by atoms with E-state index in [9.17, 15) is 23.3 Å². The van der Waals surface area contributed by atoms with Gasteiger partial charge >= 0.3 is 0 Å². The van der Waals surface area contributed by atoms with Crippen LogP contribution in [0.3, 0.4) is 0 Å². The maximum absolute atomic E-state index is 12.5. The Kier molecular flexibility index (Phi) is 6.84. The van der Waals surface area contributed by atoms with Crippen LogP contribution in [0.25, 0.3) is 0 Å². The molecule has 0 saturated heterocycles. The van der Waals surface area contributed by atoms with Crippen molar-refractivity contribution in [1.29, 1.82) is 0 Å². The SMILES string of the molecule is CC(Nc1ccc(C(=O)NCc2ccc(S(C)(=O)=O)cc2)cc1[N+](=O)[O-])c1ccccn1. The highest BCUT2D eigenvalue weighted by atomic mass is 32.2. The molecule has 0 bridgehead atoms. The first-order chi connectivity index (χ1) is 15.1. The molecule has 0 saturated carbocycles. The van der Waals surface area contributed by atoms with Crippen LogP contribution in [0.2, 0.25) is 0 Å². The second-order valence-corrected chi connectivity index (χ2v) is 9.22. The van der Waals surface area contributed by atoms with E-state index in [1.165, 1.54) is 30.3 Å². The number of benzene rings is 2. The van der Waals surface area contributed by atoms with E-state index in [0.29, 0.717) is 5.56 Å². The van der Waals surface area contributed by atoms with Crippen LogP contribution in [0.1, 0.15) is 34.6 Å². The largest absolute Gasteiger partial charge is 0.371 e. The fraction of sp³-hybridized carbons (Fsp3) is 0.182. The van der Waals surface area contributed by atoms with Gasteiger partial charge in [-0.1, -0.05) is 18.2 Å². The van der Waals surface area contributed by atoms with E-state index in [-0.39, 0.29) is 34.4 Å². The molecule has 0 radical (unpaired) electrons. The number of nitrogens with zero attached hydrogens (tertiary/aromatic N) is 2. The molecule has 0 spiro atoms. The molecule has 2 N–H and O–H groups in total. The zero-order valence-corrected chi connectivity index (χ0v) is 18.3. The second kappa shape index (κ2) is 9.56. The Morgan fingerprint density at radius 1 is 1.12 bits per heavy atom. The lowest BCUT2D eigenvalue weighted by atomic mass is 10.1. The number of anilines is 1. The molecular weight excluding hydrogens is 432 g/mol. The van der Waals surface area contributed by atoms with Gasteiger partial charge in [0.15, 0.2) is 9.84 Å². The zero-order chi connectivity index (χ0) is 23.3. The summed E-state index contributed by atoms with van der Waals surface area (Å²) in [4.78, 5) is 28.0. The first kappa shape index (κ1) is 22.9. The van der Waals surface area contributed by atoms with Crippen LogP contribution in [-0.4, -0.2) is 30.5 Å². The van der Waals surface area contributed by atoms with Gasteiger partial charge in [0, 0.05) is 30.6 Å². The third kappa shape index (κ3) is 5.67. The van der Waals surface area contributed by atoms with Crippen molar-refractivity contribution in [3.8, 4) is 0 Å². The van der Waals surface area contributed by atoms with Crippen LogP contribution in [0.5, 0.6) is 0 Å². The van der Waals surface area contributed by atoms with E-state index >= 15 is 0 Å². The van der Waals surface area contributed by atoms with Crippen molar-refractivity contribution in [3.05, 3.63) is 93.8 Å². The Labute approximate surface area is 185 Å². The summed E-state index contributed by atoms with van der Waals surface area (Å²) in [7, 11) is -3.30. The average molecular weight is 455 g/mol. The monoisotopic (exact) mass is 454 g/mol. The number of hydrogen-bond donors (Lipinski definition) is 2. The number of hydrogen-bond acceptors (Lipinski definition) is 7. The highest BCUT2D eigenvalue weighted by Gasteiger charge is 2.19. The van der Waals surface area contributed by atoms with Gasteiger partial charge < -0.3 is 10.6 Å². The summed E-state index contributed by atoms with van der Waals surface area (Å²) in [5, 5.41) is 17.3. The van der Waals surface area contributed by atoms with E-state index in [0.717, 1.165) is 11.9 Å². The van der Waals surface area contributed by atoms with Crippen molar-refractivity contribution in [3.63, 3.8) is 0 Å². The number of nitro groups is 1. The number of rotatable bonds is 8. The fourth-order valence-electron chi connectivity index (χ4n) is 3.02. The predicted octanol–water partition coefficient (Wildman–Crippen LogP) is 3.50. The molecule has 3 rings (SSSR count). The number of pyridine rings is 1. The highest BCUT2D eigenvalue weighted by molar-refractivity contribution is 7.90. The smallest absolute Gasteiger partial charge is 0.293 e. The molecule has 166 valence electrons. The van der Waals surface area contributed by atoms with Gasteiger partial charge in [0.1, 0.15) is 5.69 Å². The molecule has 32 heavy (non-hydrogen) atoms. The van der Waals surface area contributed by atoms with Gasteiger partial charge in [0.05, 0.1) is 21.6 Å². The Morgan fingerprint density at radius 2 is 1.84 bits per heavy atom. The minimum Gasteiger partial charge on any atom is -0.371 e. The molecule has 1 atom stereocenters. The molecule has 0 aliphatic heterocycles. The third-order valence-electron chi connectivity index (χ3n) is 4.76. The maximum atomic E-state index is 12.5. The van der Waals surface area contributed by atoms with Crippen molar-refractivity contribution in [2.24, 2.45) is 0 Å². The molecule has 9 nitrogen and oxygen atoms in total. The summed E-state index contributed by atoms with van der Waals surface area (Å²) in [5.41, 5.74) is 1.62. The molecule has 1 unspecified atom stereocenters. The van der Waals surface area contributed by atoms with Crippen LogP contribution in [-0.2, 0) is 16.4 Å². The summed E-state index contributed by atoms with van der Waals surface area (Å²) in [6.07, 6.45) is 2.76. The highest BCUT2D eigenvalue weighted by Crippen LogP contribution is 2.29. The van der Waals surface area contributed by atoms with Gasteiger partial charge in [-0.2, -0.15) is 0 Å². The molecule has 10 heteroatoms. The number of nitro benzene ring substituents is 1. The predicted molar refractivity (Wildman–Crippen MR) is 120 cm³/mol. The Balaban J connectivity index is 1.71. The third-order valence-corrected chi connectivity index (χ3v) is 5.89. The number of amides is 1. The second-order valence-electron chi connectivity index (χ2n) is 7.21. The Morgan fingerprint density at radius 3 is 2.44 bits per heavy atom. The number of sulfone groups is 1. The normalized spacial score (nSPS) is 12.1. The number of carbonyl (C=O) groups is 1. The van der Waals surface area contributed by atoms with Crippen molar-refractivity contribution < 1.29 is 18.1 Å². The van der Waals surface area contributed by atoms with Crippen LogP contribution in [0.4, 0.5) is 11.4 Å². The molecule has 1 heterocycles. The average Bonchev–Trinajstić information content (AvgIpc) is 2.77. The van der Waals surface area contributed by atoms with Gasteiger partial charge in [0.25, 0.3) is 11.6 Å². The van der Waals surface area contributed by atoms with E-state index in [1.807, 2.05) is 19.1 Å². The van der Waals surface area contributed by atoms with E-state index in [4.69, 9.17) is 0 Å². The Hall–Kier alpha value is -3.79. The van der Waals surface area contributed by atoms with Gasteiger partial charge in [-0.3, -0.25) is 19.9 Å². The van der Waals surface area contributed by atoms with Gasteiger partial charge in [-0.25, -0.2) is 8.42 Å². The summed E-state index contributed by atoms with van der Waals surface area (Å²) in [6, 6.07) is 15.5. The van der Waals surface area contributed by atoms with Gasteiger partial charge in [-0.05, 0) is 48.9 Å². The van der Waals surface area contributed by atoms with Gasteiger partial charge in [0.2, 0.25) is 0 Å². The van der Waals surface area contributed by atoms with Crippen LogP contribution >= 0.6 is 0 Å². The van der Waals surface area contributed by atoms with Crippen LogP contribution < -0.4 is 10.6 Å². The summed E-state index contributed by atoms with van der Waals surface area (Å²) < 4.78 is 23.0. The van der Waals surface area contributed by atoms with Crippen molar-refractivity contribution in [2.45, 2.75) is 24.4 Å². The topological polar surface area (TPSA) is 131 Å². The van der Waals surface area contributed by atoms with Crippen LogP contribution in [0, 0.1) is 10.1 Å². The minimum atomic E-state index is -3.30. The molecule has 0 aliphatic rings. The molecule has 2 aromatic carbocycles. The number of nitrogens with one attached hydrogen (secondary N) is 2. The molecule has 3 aromatic rings. The first-order valence-electron chi connectivity index (χ1n) is 9.68. The number of aromatic nitrogens is 1. The lowest BCUT2D eigenvalue weighted by Gasteiger charge is -2.15. The lowest BCUT2D eigenvalue weighted by Crippen LogP contribution is -2.23. The molecule has 0 fully saturated rings. The summed E-state index contributed by atoms with van der Waals surface area (Å²) in [5.74, 6) is -0.482. The standard InChI is InChI=1S/C22H22N4O5S/c1-15(19-5-3-4-12-23-19)25-20-11-8-17(13-21(20)26(28)29)22(27)24-14-16-6-9-18(10-7-16)32(2,30)31/h3-13,15,25H,14H2,1-2H3,(H,24,27). The zero-order valence-electron chi connectivity index (χ0n) is 17.5. The summed E-state index contributed by atoms with van der Waals surface area (Å²) in [6.45, 7) is 1.98.